The quantitative estimate of drug-likeness (QED) is 0.135. The van der Waals surface area contributed by atoms with Crippen molar-refractivity contribution in [3.8, 4) is 23.0 Å². The first-order chi connectivity index (χ1) is 28.5. The van der Waals surface area contributed by atoms with Gasteiger partial charge in [-0.3, -0.25) is 38.9 Å². The molecule has 3 saturated heterocycles. The molecule has 14 heteroatoms. The molecule has 4 atom stereocenters. The van der Waals surface area contributed by atoms with Gasteiger partial charge in [0, 0.05) is 74.4 Å². The van der Waals surface area contributed by atoms with E-state index < -0.39 is 24.0 Å². The Labute approximate surface area is 343 Å². The molecule has 0 bridgehead atoms. The van der Waals surface area contributed by atoms with Crippen LogP contribution in [-0.2, 0) is 35.3 Å². The average molecular weight is 800 g/mol. The third-order valence-corrected chi connectivity index (χ3v) is 11.6. The maximum Gasteiger partial charge on any atom is 0.255 e. The molecule has 4 aliphatic rings. The lowest BCUT2D eigenvalue weighted by molar-refractivity contribution is -0.143. The van der Waals surface area contributed by atoms with Gasteiger partial charge in [0.25, 0.3) is 5.91 Å². The monoisotopic (exact) mass is 799 g/mol. The third kappa shape index (κ3) is 9.37. The normalized spacial score (nSPS) is 21.4. The zero-order chi connectivity index (χ0) is 41.6. The summed E-state index contributed by atoms with van der Waals surface area (Å²) in [5.41, 5.74) is 11.5. The van der Waals surface area contributed by atoms with Crippen molar-refractivity contribution in [2.45, 2.75) is 102 Å². The lowest BCUT2D eigenvalue weighted by Gasteiger charge is -2.37. The summed E-state index contributed by atoms with van der Waals surface area (Å²) >= 11 is 0. The van der Waals surface area contributed by atoms with Crippen molar-refractivity contribution in [2.24, 2.45) is 5.73 Å². The van der Waals surface area contributed by atoms with E-state index in [1.54, 1.807) is 21.9 Å². The van der Waals surface area contributed by atoms with Crippen LogP contribution in [0.15, 0.2) is 66.7 Å². The van der Waals surface area contributed by atoms with Gasteiger partial charge in [-0.1, -0.05) is 48.6 Å². The van der Waals surface area contributed by atoms with Gasteiger partial charge >= 0.3 is 0 Å². The van der Waals surface area contributed by atoms with E-state index in [0.717, 1.165) is 35.1 Å². The minimum absolute atomic E-state index is 0.0694. The highest BCUT2D eigenvalue weighted by molar-refractivity contribution is 6.05. The Morgan fingerprint density at radius 3 is 2.25 bits per heavy atom. The number of rotatable bonds is 10. The van der Waals surface area contributed by atoms with Gasteiger partial charge in [0.05, 0.1) is 0 Å². The van der Waals surface area contributed by atoms with Gasteiger partial charge < -0.3 is 31.1 Å². The van der Waals surface area contributed by atoms with E-state index >= 15 is 0 Å². The topological polar surface area (TPSA) is 191 Å². The van der Waals surface area contributed by atoms with Crippen LogP contribution in [0.3, 0.4) is 0 Å². The van der Waals surface area contributed by atoms with Crippen LogP contribution < -0.4 is 21.7 Å². The molecular formula is C45H49N7O7. The fourth-order valence-corrected chi connectivity index (χ4v) is 8.42. The molecule has 7 amide bonds. The molecule has 0 saturated carbocycles. The van der Waals surface area contributed by atoms with E-state index in [9.17, 15) is 33.6 Å². The minimum atomic E-state index is -0.874. The average Bonchev–Trinajstić information content (AvgIpc) is 3.79. The summed E-state index contributed by atoms with van der Waals surface area (Å²) in [4.78, 5) is 93.0. The van der Waals surface area contributed by atoms with Gasteiger partial charge in [-0.25, -0.2) is 0 Å². The second-order valence-electron chi connectivity index (χ2n) is 15.6. The standard InChI is InChI=1S/C45H49N7O7/c1-28(53)50-25-24-34-20-21-39(52(34)45(59)37(46)27-50)43(57)48-33-18-14-30(15-19-33)29-12-16-32(17-13-29)47-40(54)11-6-4-2-3-5-8-31-9-7-10-35-36(31)26-51(44(35)58)38-22-23-41(55)49-42(38)56/h7,9-10,12-19,34,37-39H,2-4,6,11,20-27,46H2,1H3,(H,47,54)(H,48,57)(H,49,55,56)/t34-,37+,38?,39+/m1/s1. The second-order valence-corrected chi connectivity index (χ2v) is 15.6. The van der Waals surface area contributed by atoms with Gasteiger partial charge in [-0.2, -0.15) is 0 Å². The summed E-state index contributed by atoms with van der Waals surface area (Å²) in [7, 11) is 0. The van der Waals surface area contributed by atoms with Crippen LogP contribution in [0.25, 0.3) is 11.1 Å². The fraction of sp³-hybridized carbons (Fsp3) is 0.400. The van der Waals surface area contributed by atoms with E-state index in [2.05, 4.69) is 27.8 Å². The summed E-state index contributed by atoms with van der Waals surface area (Å²) in [6.07, 6.45) is 5.73. The number of nitrogens with zero attached hydrogens (tertiary/aromatic N) is 3. The van der Waals surface area contributed by atoms with E-state index in [1.165, 1.54) is 11.8 Å². The third-order valence-electron chi connectivity index (χ3n) is 11.6. The van der Waals surface area contributed by atoms with Crippen LogP contribution >= 0.6 is 0 Å². The summed E-state index contributed by atoms with van der Waals surface area (Å²) in [6.45, 7) is 2.40. The largest absolute Gasteiger partial charge is 0.341 e. The molecule has 4 heterocycles. The number of carbonyl (C=O) groups is 7. The predicted molar refractivity (Wildman–Crippen MR) is 220 cm³/mol. The molecule has 3 fully saturated rings. The van der Waals surface area contributed by atoms with Crippen molar-refractivity contribution < 1.29 is 33.6 Å². The molecule has 0 radical (unpaired) electrons. The maximum absolute atomic E-state index is 13.4. The predicted octanol–water partition coefficient (Wildman–Crippen LogP) is 3.93. The molecule has 3 aromatic carbocycles. The number of anilines is 2. The number of amides is 7. The van der Waals surface area contributed by atoms with Gasteiger partial charge in [-0.05, 0) is 91.6 Å². The summed E-state index contributed by atoms with van der Waals surface area (Å²) in [5.74, 6) is 4.67. The first kappa shape index (κ1) is 40.9. The SMILES string of the molecule is CC(=O)N1CC[C@H]2CC[C@@H](C(=O)Nc3ccc(-c4ccc(NC(=O)CCCCCC#Cc5cccc6c5CN(C5CCC(=O)NC5=O)C6=O)cc4)cc3)N2C(=O)[C@@H](N)C1. The number of nitrogens with two attached hydrogens (primary N) is 1. The first-order valence-corrected chi connectivity index (χ1v) is 20.4. The Bertz CT molecular complexity index is 2210. The molecule has 59 heavy (non-hydrogen) atoms. The molecular weight excluding hydrogens is 751 g/mol. The van der Waals surface area contributed by atoms with Crippen molar-refractivity contribution in [1.29, 1.82) is 0 Å². The minimum Gasteiger partial charge on any atom is -0.341 e. The molecule has 0 spiro atoms. The highest BCUT2D eigenvalue weighted by Crippen LogP contribution is 2.32. The van der Waals surface area contributed by atoms with E-state index in [1.807, 2.05) is 54.6 Å². The molecule has 5 N–H and O–H groups in total. The molecule has 0 aliphatic carbocycles. The number of benzene rings is 3. The highest BCUT2D eigenvalue weighted by atomic mass is 16.2. The van der Waals surface area contributed by atoms with Crippen molar-refractivity contribution >= 4 is 52.7 Å². The van der Waals surface area contributed by atoms with Gasteiger partial charge in [0.1, 0.15) is 18.1 Å². The first-order valence-electron chi connectivity index (χ1n) is 20.4. The number of carbonyl (C=O) groups excluding carboxylic acids is 7. The molecule has 306 valence electrons. The summed E-state index contributed by atoms with van der Waals surface area (Å²) in [5, 5.41) is 8.25. The van der Waals surface area contributed by atoms with Crippen LogP contribution in [0.2, 0.25) is 0 Å². The zero-order valence-corrected chi connectivity index (χ0v) is 33.1. The molecule has 0 aromatic heterocycles. The van der Waals surface area contributed by atoms with E-state index in [0.29, 0.717) is 68.4 Å². The summed E-state index contributed by atoms with van der Waals surface area (Å²) < 4.78 is 0. The Morgan fingerprint density at radius 2 is 1.56 bits per heavy atom. The van der Waals surface area contributed by atoms with Crippen molar-refractivity contribution in [1.82, 2.24) is 20.0 Å². The van der Waals surface area contributed by atoms with Crippen LogP contribution in [-0.4, -0.2) is 93.3 Å². The Balaban J connectivity index is 0.827. The number of unbranched alkanes of at least 4 members (excludes halogenated alkanes) is 3. The smallest absolute Gasteiger partial charge is 0.255 e. The molecule has 3 aromatic rings. The highest BCUT2D eigenvalue weighted by Gasteiger charge is 2.44. The lowest BCUT2D eigenvalue weighted by Crippen LogP contribution is -2.58. The molecule has 7 rings (SSSR count). The van der Waals surface area contributed by atoms with E-state index in [-0.39, 0.29) is 61.0 Å². The molecule has 14 nitrogen and oxygen atoms in total. The number of nitrogens with one attached hydrogen (secondary N) is 3. The van der Waals surface area contributed by atoms with Crippen LogP contribution in [0.5, 0.6) is 0 Å². The second kappa shape index (κ2) is 18.1. The molecule has 1 unspecified atom stereocenters. The van der Waals surface area contributed by atoms with Crippen LogP contribution in [0.1, 0.15) is 92.6 Å². The zero-order valence-electron chi connectivity index (χ0n) is 33.1. The Hall–Kier alpha value is -6.33. The van der Waals surface area contributed by atoms with Gasteiger partial charge in [0.2, 0.25) is 35.4 Å². The van der Waals surface area contributed by atoms with Crippen LogP contribution in [0.4, 0.5) is 11.4 Å². The molecule has 4 aliphatic heterocycles. The van der Waals surface area contributed by atoms with Crippen molar-refractivity contribution in [3.05, 3.63) is 83.4 Å². The lowest BCUT2D eigenvalue weighted by atomic mass is 10.0. The van der Waals surface area contributed by atoms with Gasteiger partial charge in [0.15, 0.2) is 0 Å². The Kier molecular flexibility index (Phi) is 12.5. The van der Waals surface area contributed by atoms with Crippen molar-refractivity contribution in [2.75, 3.05) is 23.7 Å². The van der Waals surface area contributed by atoms with Crippen molar-refractivity contribution in [3.63, 3.8) is 0 Å². The number of hydrogen-bond donors (Lipinski definition) is 4. The maximum atomic E-state index is 13.4. The fourth-order valence-electron chi connectivity index (χ4n) is 8.42. The summed E-state index contributed by atoms with van der Waals surface area (Å²) in [6, 6.07) is 18.1. The number of fused-ring (bicyclic) bond motifs is 2. The van der Waals surface area contributed by atoms with E-state index in [4.69, 9.17) is 5.73 Å². The number of imide groups is 1. The Morgan fingerprint density at radius 1 is 0.847 bits per heavy atom. The number of hydrogen-bond acceptors (Lipinski definition) is 8. The van der Waals surface area contributed by atoms with Gasteiger partial charge in [-0.15, -0.1) is 0 Å². The van der Waals surface area contributed by atoms with Crippen LogP contribution in [0, 0.1) is 11.8 Å². The number of piperidine rings is 1.